The van der Waals surface area contributed by atoms with Crippen LogP contribution in [0.2, 0.25) is 0 Å². The van der Waals surface area contributed by atoms with Crippen LogP contribution in [0.5, 0.6) is 0 Å². The molecule has 19 heavy (non-hydrogen) atoms. The van der Waals surface area contributed by atoms with Crippen LogP contribution >= 0.6 is 0 Å². The van der Waals surface area contributed by atoms with Crippen molar-refractivity contribution in [3.63, 3.8) is 0 Å². The second-order valence-corrected chi connectivity index (χ2v) is 6.02. The average Bonchev–Trinajstić information content (AvgIpc) is 2.46. The Morgan fingerprint density at radius 2 is 1.05 bits per heavy atom. The van der Waals surface area contributed by atoms with Gasteiger partial charge in [0.15, 0.2) is 0 Å². The predicted octanol–water partition coefficient (Wildman–Crippen LogP) is 4.77. The second kappa shape index (κ2) is 6.09. The van der Waals surface area contributed by atoms with Crippen molar-refractivity contribution in [1.82, 2.24) is 0 Å². The first-order chi connectivity index (χ1) is 8.68. The smallest absolute Gasteiger partial charge is 0.00489 e. The summed E-state index contributed by atoms with van der Waals surface area (Å²) in [6.07, 6.45) is 7.87. The standard InChI is InChI=1S/C18H28.H2O/c1-5-17(6-2)13-14-18(7-3,8-4)16-12-10-9-11-15(16)17;/h9-12H,5-8,13-14H2,1-4H3;1H2. The molecule has 0 atom stereocenters. The van der Waals surface area contributed by atoms with Crippen molar-refractivity contribution >= 4 is 0 Å². The van der Waals surface area contributed by atoms with Gasteiger partial charge in [-0.2, -0.15) is 0 Å². The Bertz CT molecular complexity index is 361. The van der Waals surface area contributed by atoms with Crippen LogP contribution in [-0.2, 0) is 10.8 Å². The van der Waals surface area contributed by atoms with E-state index in [-0.39, 0.29) is 5.48 Å². The molecule has 0 aromatic heterocycles. The molecule has 0 fully saturated rings. The van der Waals surface area contributed by atoms with Crippen molar-refractivity contribution < 1.29 is 5.48 Å². The van der Waals surface area contributed by atoms with E-state index in [1.165, 1.54) is 38.5 Å². The van der Waals surface area contributed by atoms with Crippen molar-refractivity contribution in [3.05, 3.63) is 35.4 Å². The lowest BCUT2D eigenvalue weighted by Gasteiger charge is -2.47. The Hall–Kier alpha value is -0.820. The van der Waals surface area contributed by atoms with E-state index < -0.39 is 0 Å². The summed E-state index contributed by atoms with van der Waals surface area (Å²) < 4.78 is 0. The predicted molar refractivity (Wildman–Crippen MR) is 83.8 cm³/mol. The van der Waals surface area contributed by atoms with E-state index in [2.05, 4.69) is 52.0 Å². The van der Waals surface area contributed by atoms with Crippen molar-refractivity contribution in [2.75, 3.05) is 0 Å². The first-order valence-corrected chi connectivity index (χ1v) is 7.78. The lowest BCUT2D eigenvalue weighted by atomic mass is 9.57. The number of hydrogen-bond donors (Lipinski definition) is 0. The van der Waals surface area contributed by atoms with Gasteiger partial charge in [-0.3, -0.25) is 0 Å². The molecule has 0 aliphatic heterocycles. The molecule has 1 nitrogen and oxygen atoms in total. The minimum Gasteiger partial charge on any atom is -0.412 e. The van der Waals surface area contributed by atoms with Crippen LogP contribution in [0.15, 0.2) is 24.3 Å². The maximum absolute atomic E-state index is 2.40. The highest BCUT2D eigenvalue weighted by atomic mass is 16.0. The largest absolute Gasteiger partial charge is 0.412 e. The molecule has 1 aromatic carbocycles. The Balaban J connectivity index is 0.00000180. The van der Waals surface area contributed by atoms with Gasteiger partial charge in [0.1, 0.15) is 0 Å². The molecule has 0 saturated heterocycles. The molecular weight excluding hydrogens is 232 g/mol. The van der Waals surface area contributed by atoms with Crippen LogP contribution in [0.1, 0.15) is 77.3 Å². The van der Waals surface area contributed by atoms with Crippen LogP contribution in [0.3, 0.4) is 0 Å². The first-order valence-electron chi connectivity index (χ1n) is 7.78. The summed E-state index contributed by atoms with van der Waals surface area (Å²) in [5, 5.41) is 0. The van der Waals surface area contributed by atoms with Crippen LogP contribution < -0.4 is 0 Å². The monoisotopic (exact) mass is 262 g/mol. The zero-order chi connectivity index (χ0) is 13.2. The van der Waals surface area contributed by atoms with Gasteiger partial charge in [0.2, 0.25) is 0 Å². The molecule has 0 radical (unpaired) electrons. The average molecular weight is 262 g/mol. The van der Waals surface area contributed by atoms with E-state index in [9.17, 15) is 0 Å². The van der Waals surface area contributed by atoms with Crippen LogP contribution in [0, 0.1) is 0 Å². The van der Waals surface area contributed by atoms with Crippen molar-refractivity contribution in [1.29, 1.82) is 0 Å². The topological polar surface area (TPSA) is 31.5 Å². The Kier molecular flexibility index (Phi) is 5.20. The van der Waals surface area contributed by atoms with Gasteiger partial charge in [-0.05, 0) is 60.5 Å². The summed E-state index contributed by atoms with van der Waals surface area (Å²) in [6.45, 7) is 9.46. The summed E-state index contributed by atoms with van der Waals surface area (Å²) in [7, 11) is 0. The number of fused-ring (bicyclic) bond motifs is 1. The summed E-state index contributed by atoms with van der Waals surface area (Å²) in [5.41, 5.74) is 4.21. The zero-order valence-electron chi connectivity index (χ0n) is 13.1. The molecule has 0 saturated carbocycles. The molecule has 0 amide bonds. The lowest BCUT2D eigenvalue weighted by molar-refractivity contribution is 0.239. The van der Waals surface area contributed by atoms with Crippen LogP contribution in [0.4, 0.5) is 0 Å². The Morgan fingerprint density at radius 3 is 1.32 bits per heavy atom. The van der Waals surface area contributed by atoms with Crippen LogP contribution in [-0.4, -0.2) is 5.48 Å². The summed E-state index contributed by atoms with van der Waals surface area (Å²) in [4.78, 5) is 0. The van der Waals surface area contributed by atoms with Gasteiger partial charge in [-0.15, -0.1) is 0 Å². The Morgan fingerprint density at radius 1 is 0.737 bits per heavy atom. The van der Waals surface area contributed by atoms with Crippen molar-refractivity contribution in [2.24, 2.45) is 0 Å². The van der Waals surface area contributed by atoms with Gasteiger partial charge in [0.05, 0.1) is 0 Å². The fourth-order valence-electron chi connectivity index (χ4n) is 4.12. The summed E-state index contributed by atoms with van der Waals surface area (Å²) in [6, 6.07) is 9.28. The highest BCUT2D eigenvalue weighted by molar-refractivity contribution is 5.42. The van der Waals surface area contributed by atoms with Gasteiger partial charge in [0.25, 0.3) is 0 Å². The molecule has 0 bridgehead atoms. The molecule has 1 heteroatoms. The van der Waals surface area contributed by atoms with Gasteiger partial charge < -0.3 is 5.48 Å². The summed E-state index contributed by atoms with van der Waals surface area (Å²) >= 11 is 0. The Labute approximate surface area is 118 Å². The molecule has 1 aliphatic carbocycles. The van der Waals surface area contributed by atoms with E-state index in [1.54, 1.807) is 11.1 Å². The number of hydrogen-bond acceptors (Lipinski definition) is 0. The minimum absolute atomic E-state index is 0. The van der Waals surface area contributed by atoms with E-state index >= 15 is 0 Å². The molecular formula is C18H30O. The quantitative estimate of drug-likeness (QED) is 0.748. The van der Waals surface area contributed by atoms with E-state index in [1.807, 2.05) is 0 Å². The molecule has 0 unspecified atom stereocenters. The molecule has 108 valence electrons. The number of benzene rings is 1. The van der Waals surface area contributed by atoms with E-state index in [0.717, 1.165) is 0 Å². The van der Waals surface area contributed by atoms with Gasteiger partial charge in [-0.1, -0.05) is 52.0 Å². The molecule has 1 aliphatic rings. The van der Waals surface area contributed by atoms with Crippen LogP contribution in [0.25, 0.3) is 0 Å². The SMILES string of the molecule is CCC1(CC)CCC(CC)(CC)c2ccccc21.O. The maximum Gasteiger partial charge on any atom is -0.00489 e. The third-order valence-corrected chi connectivity index (χ3v) is 5.86. The van der Waals surface area contributed by atoms with Gasteiger partial charge >= 0.3 is 0 Å². The normalized spacial score (nSPS) is 19.4. The number of rotatable bonds is 4. The van der Waals surface area contributed by atoms with Crippen molar-refractivity contribution in [3.8, 4) is 0 Å². The minimum atomic E-state index is 0. The third kappa shape index (κ3) is 2.33. The fourth-order valence-corrected chi connectivity index (χ4v) is 4.12. The molecule has 0 heterocycles. The molecule has 0 spiro atoms. The molecule has 2 N–H and O–H groups in total. The molecule has 1 aromatic rings. The van der Waals surface area contributed by atoms with E-state index in [0.29, 0.717) is 10.8 Å². The fraction of sp³-hybridized carbons (Fsp3) is 0.667. The highest BCUT2D eigenvalue weighted by Gasteiger charge is 2.42. The second-order valence-electron chi connectivity index (χ2n) is 6.02. The maximum atomic E-state index is 2.40. The first kappa shape index (κ1) is 16.2. The summed E-state index contributed by atoms with van der Waals surface area (Å²) in [5.74, 6) is 0. The lowest BCUT2D eigenvalue weighted by Crippen LogP contribution is -2.39. The van der Waals surface area contributed by atoms with Crippen molar-refractivity contribution in [2.45, 2.75) is 77.0 Å². The zero-order valence-corrected chi connectivity index (χ0v) is 13.1. The van der Waals surface area contributed by atoms with Gasteiger partial charge in [-0.25, -0.2) is 0 Å². The third-order valence-electron chi connectivity index (χ3n) is 5.86. The van der Waals surface area contributed by atoms with Gasteiger partial charge in [0, 0.05) is 0 Å². The highest BCUT2D eigenvalue weighted by Crippen LogP contribution is 2.51. The van der Waals surface area contributed by atoms with E-state index in [4.69, 9.17) is 0 Å². The molecule has 2 rings (SSSR count).